The Hall–Kier alpha value is -3.80. The van der Waals surface area contributed by atoms with Crippen LogP contribution < -0.4 is 19.7 Å². The molecule has 1 heterocycles. The normalized spacial score (nSPS) is 17.9. The van der Waals surface area contributed by atoms with Crippen molar-refractivity contribution in [3.63, 3.8) is 0 Å². The molecule has 0 radical (unpaired) electrons. The van der Waals surface area contributed by atoms with E-state index in [1.807, 2.05) is 80.6 Å². The molecule has 3 aromatic carbocycles. The third-order valence-electron chi connectivity index (χ3n) is 6.60. The number of hydrogen-bond acceptors (Lipinski definition) is 4. The summed E-state index contributed by atoms with van der Waals surface area (Å²) in [6.07, 6.45) is 0.766. The van der Waals surface area contributed by atoms with Gasteiger partial charge in [0.15, 0.2) is 0 Å². The largest absolute Gasteiger partial charge is 0.497 e. The van der Waals surface area contributed by atoms with E-state index >= 15 is 0 Å². The number of carbonyl (C=O) groups excluding carboxylic acids is 2. The number of ether oxygens (including phenoxy) is 2. The lowest BCUT2D eigenvalue weighted by atomic mass is 9.83. The van der Waals surface area contributed by atoms with Crippen LogP contribution in [0.15, 0.2) is 66.7 Å². The molecule has 2 atom stereocenters. The quantitative estimate of drug-likeness (QED) is 0.534. The molecule has 176 valence electrons. The average molecular weight is 459 g/mol. The predicted molar refractivity (Wildman–Crippen MR) is 133 cm³/mol. The summed E-state index contributed by atoms with van der Waals surface area (Å²) in [5, 5.41) is 3.13. The Morgan fingerprint density at radius 3 is 2.15 bits per heavy atom. The number of amides is 2. The highest BCUT2D eigenvalue weighted by molar-refractivity contribution is 6.00. The molecule has 1 fully saturated rings. The first-order valence-corrected chi connectivity index (χ1v) is 11.4. The zero-order valence-corrected chi connectivity index (χ0v) is 20.0. The van der Waals surface area contributed by atoms with E-state index < -0.39 is 12.0 Å². The number of rotatable bonds is 6. The van der Waals surface area contributed by atoms with Crippen molar-refractivity contribution in [3.05, 3.63) is 83.4 Å². The molecule has 0 saturated carbocycles. The summed E-state index contributed by atoms with van der Waals surface area (Å²) >= 11 is 0. The minimum atomic E-state index is -0.453. The van der Waals surface area contributed by atoms with Gasteiger partial charge in [-0.15, -0.1) is 0 Å². The van der Waals surface area contributed by atoms with E-state index in [1.165, 1.54) is 0 Å². The molecule has 2 unspecified atom stereocenters. The van der Waals surface area contributed by atoms with Gasteiger partial charge in [-0.1, -0.05) is 24.3 Å². The highest BCUT2D eigenvalue weighted by atomic mass is 16.5. The SMILES string of the molecule is COc1ccc(C2C(C(=O)Nc3cccc(C)c3C)CCC(=O)N2c2ccc(OC)cc2)cc1. The van der Waals surface area contributed by atoms with E-state index in [1.54, 1.807) is 19.1 Å². The molecule has 6 heteroatoms. The Morgan fingerprint density at radius 2 is 1.53 bits per heavy atom. The Balaban J connectivity index is 1.74. The van der Waals surface area contributed by atoms with Gasteiger partial charge < -0.3 is 19.7 Å². The van der Waals surface area contributed by atoms with Crippen molar-refractivity contribution in [2.45, 2.75) is 32.7 Å². The van der Waals surface area contributed by atoms with Gasteiger partial charge in [-0.3, -0.25) is 9.59 Å². The fourth-order valence-electron chi connectivity index (χ4n) is 4.51. The van der Waals surface area contributed by atoms with E-state index in [4.69, 9.17) is 9.47 Å². The zero-order chi connectivity index (χ0) is 24.2. The Morgan fingerprint density at radius 1 is 0.912 bits per heavy atom. The van der Waals surface area contributed by atoms with Crippen molar-refractivity contribution < 1.29 is 19.1 Å². The standard InChI is InChI=1S/C28H30N2O4/c1-18-6-5-7-25(19(18)2)29-28(32)24-16-17-26(31)30(21-10-14-23(34-4)15-11-21)27(24)20-8-12-22(33-3)13-9-20/h5-15,24,27H,16-17H2,1-4H3,(H,29,32). The summed E-state index contributed by atoms with van der Waals surface area (Å²) < 4.78 is 10.6. The second-order valence-corrected chi connectivity index (χ2v) is 8.56. The third kappa shape index (κ3) is 4.62. The van der Waals surface area contributed by atoms with Crippen LogP contribution >= 0.6 is 0 Å². The van der Waals surface area contributed by atoms with Crippen LogP contribution in [0.2, 0.25) is 0 Å². The summed E-state index contributed by atoms with van der Waals surface area (Å²) in [6.45, 7) is 4.02. The molecular formula is C28H30N2O4. The maximum Gasteiger partial charge on any atom is 0.229 e. The topological polar surface area (TPSA) is 67.9 Å². The number of carbonyl (C=O) groups is 2. The molecule has 1 aliphatic rings. The van der Waals surface area contributed by atoms with Crippen LogP contribution in [0.1, 0.15) is 35.6 Å². The molecule has 1 N–H and O–H groups in total. The molecule has 2 amide bonds. The van der Waals surface area contributed by atoms with Gasteiger partial charge in [-0.05, 0) is 79.4 Å². The summed E-state index contributed by atoms with van der Waals surface area (Å²) in [6, 6.07) is 20.4. The predicted octanol–water partition coefficient (Wildman–Crippen LogP) is 5.44. The molecule has 0 bridgehead atoms. The van der Waals surface area contributed by atoms with Crippen molar-refractivity contribution in [2.75, 3.05) is 24.4 Å². The molecule has 34 heavy (non-hydrogen) atoms. The van der Waals surface area contributed by atoms with Crippen LogP contribution in [0.25, 0.3) is 0 Å². The van der Waals surface area contributed by atoms with Crippen molar-refractivity contribution in [1.29, 1.82) is 0 Å². The number of benzene rings is 3. The van der Waals surface area contributed by atoms with Gasteiger partial charge in [-0.2, -0.15) is 0 Å². The number of piperidine rings is 1. The van der Waals surface area contributed by atoms with Crippen LogP contribution in [0.5, 0.6) is 11.5 Å². The Labute approximate surface area is 200 Å². The van der Waals surface area contributed by atoms with E-state index in [0.717, 1.165) is 33.8 Å². The Kier molecular flexibility index (Phi) is 6.87. The van der Waals surface area contributed by atoms with Gasteiger partial charge in [0.1, 0.15) is 11.5 Å². The van der Waals surface area contributed by atoms with Gasteiger partial charge in [0.2, 0.25) is 11.8 Å². The maximum atomic E-state index is 13.6. The lowest BCUT2D eigenvalue weighted by Crippen LogP contribution is -2.47. The number of hydrogen-bond donors (Lipinski definition) is 1. The zero-order valence-electron chi connectivity index (χ0n) is 20.0. The smallest absolute Gasteiger partial charge is 0.229 e. The molecule has 4 rings (SSSR count). The van der Waals surface area contributed by atoms with Crippen molar-refractivity contribution >= 4 is 23.2 Å². The first-order valence-electron chi connectivity index (χ1n) is 11.4. The summed E-state index contributed by atoms with van der Waals surface area (Å²) in [7, 11) is 3.22. The molecular weight excluding hydrogens is 428 g/mol. The monoisotopic (exact) mass is 458 g/mol. The van der Waals surface area contributed by atoms with E-state index in [0.29, 0.717) is 18.6 Å². The molecule has 1 saturated heterocycles. The molecule has 3 aromatic rings. The Bertz CT molecular complexity index is 1170. The highest BCUT2D eigenvalue weighted by Gasteiger charge is 2.41. The lowest BCUT2D eigenvalue weighted by Gasteiger charge is -2.41. The van der Waals surface area contributed by atoms with E-state index in [-0.39, 0.29) is 11.8 Å². The first-order chi connectivity index (χ1) is 16.4. The fourth-order valence-corrected chi connectivity index (χ4v) is 4.51. The van der Waals surface area contributed by atoms with Crippen molar-refractivity contribution in [2.24, 2.45) is 5.92 Å². The maximum absolute atomic E-state index is 13.6. The second-order valence-electron chi connectivity index (χ2n) is 8.56. The van der Waals surface area contributed by atoms with E-state index in [2.05, 4.69) is 5.32 Å². The van der Waals surface area contributed by atoms with Gasteiger partial charge in [0.05, 0.1) is 26.2 Å². The van der Waals surface area contributed by atoms with Crippen molar-refractivity contribution in [3.8, 4) is 11.5 Å². The summed E-state index contributed by atoms with van der Waals surface area (Å²) in [5.74, 6) is 0.895. The first kappa shape index (κ1) is 23.4. The molecule has 0 aliphatic carbocycles. The van der Waals surface area contributed by atoms with Crippen LogP contribution in [0.3, 0.4) is 0 Å². The number of nitrogens with zero attached hydrogens (tertiary/aromatic N) is 1. The van der Waals surface area contributed by atoms with Gasteiger partial charge in [0, 0.05) is 17.8 Å². The minimum Gasteiger partial charge on any atom is -0.497 e. The van der Waals surface area contributed by atoms with Crippen LogP contribution in [-0.4, -0.2) is 26.0 Å². The van der Waals surface area contributed by atoms with Crippen molar-refractivity contribution in [1.82, 2.24) is 0 Å². The number of nitrogens with one attached hydrogen (secondary N) is 1. The molecule has 0 spiro atoms. The number of anilines is 2. The molecule has 0 aromatic heterocycles. The lowest BCUT2D eigenvalue weighted by molar-refractivity contribution is -0.125. The van der Waals surface area contributed by atoms with Crippen LogP contribution in [0, 0.1) is 19.8 Å². The third-order valence-corrected chi connectivity index (χ3v) is 6.60. The van der Waals surface area contributed by atoms with E-state index in [9.17, 15) is 9.59 Å². The number of aryl methyl sites for hydroxylation is 1. The molecule has 6 nitrogen and oxygen atoms in total. The summed E-state index contributed by atoms with van der Waals surface area (Å²) in [4.78, 5) is 28.6. The van der Waals surface area contributed by atoms with Gasteiger partial charge in [0.25, 0.3) is 0 Å². The highest BCUT2D eigenvalue weighted by Crippen LogP contribution is 2.41. The van der Waals surface area contributed by atoms with Crippen LogP contribution in [-0.2, 0) is 9.59 Å². The second kappa shape index (κ2) is 10.00. The fraction of sp³-hybridized carbons (Fsp3) is 0.286. The molecule has 1 aliphatic heterocycles. The minimum absolute atomic E-state index is 0.0122. The van der Waals surface area contributed by atoms with Gasteiger partial charge >= 0.3 is 0 Å². The van der Waals surface area contributed by atoms with Crippen LogP contribution in [0.4, 0.5) is 11.4 Å². The average Bonchev–Trinajstić information content (AvgIpc) is 2.86. The number of methoxy groups -OCH3 is 2. The van der Waals surface area contributed by atoms with Gasteiger partial charge in [-0.25, -0.2) is 0 Å². The summed E-state index contributed by atoms with van der Waals surface area (Å²) in [5.41, 5.74) is 4.56.